The first-order valence-electron chi connectivity index (χ1n) is 8.61. The van der Waals surface area contributed by atoms with E-state index in [-0.39, 0.29) is 0 Å². The lowest BCUT2D eigenvalue weighted by Gasteiger charge is -2.22. The Bertz CT molecular complexity index is 410. The highest BCUT2D eigenvalue weighted by molar-refractivity contribution is 5.66. The van der Waals surface area contributed by atoms with Gasteiger partial charge < -0.3 is 0 Å². The molecule has 2 rings (SSSR count). The molecule has 0 fully saturated rings. The summed E-state index contributed by atoms with van der Waals surface area (Å²) in [6.45, 7) is 4.51. The van der Waals surface area contributed by atoms with E-state index in [1.165, 1.54) is 62.5 Å². The number of hydrogen-bond donors (Lipinski definition) is 0. The quantitative estimate of drug-likeness (QED) is 0.503. The normalized spacial score (nSPS) is 18.9. The average molecular weight is 270 g/mol. The van der Waals surface area contributed by atoms with E-state index in [4.69, 9.17) is 0 Å². The van der Waals surface area contributed by atoms with Crippen LogP contribution >= 0.6 is 0 Å². The maximum atomic E-state index is 2.51. The summed E-state index contributed by atoms with van der Waals surface area (Å²) in [6, 6.07) is 9.19. The SMILES string of the molecule is CCCCCCC1CC=C(c2ccc(CC)cc2)CC1. The van der Waals surface area contributed by atoms with Crippen LogP contribution in [0.15, 0.2) is 30.3 Å². The summed E-state index contributed by atoms with van der Waals surface area (Å²) < 4.78 is 0. The van der Waals surface area contributed by atoms with Crippen molar-refractivity contribution in [3.63, 3.8) is 0 Å². The summed E-state index contributed by atoms with van der Waals surface area (Å²) in [6.07, 6.45) is 14.7. The monoisotopic (exact) mass is 270 g/mol. The van der Waals surface area contributed by atoms with Crippen LogP contribution in [0, 0.1) is 5.92 Å². The van der Waals surface area contributed by atoms with Crippen molar-refractivity contribution in [3.05, 3.63) is 41.5 Å². The zero-order valence-electron chi connectivity index (χ0n) is 13.3. The zero-order valence-corrected chi connectivity index (χ0v) is 13.3. The van der Waals surface area contributed by atoms with Crippen LogP contribution in [0.2, 0.25) is 0 Å². The van der Waals surface area contributed by atoms with Crippen LogP contribution in [0.5, 0.6) is 0 Å². The van der Waals surface area contributed by atoms with Crippen LogP contribution in [0.1, 0.15) is 76.3 Å². The maximum Gasteiger partial charge on any atom is -0.0228 e. The lowest BCUT2D eigenvalue weighted by molar-refractivity contribution is 0.425. The average Bonchev–Trinajstić information content (AvgIpc) is 2.52. The minimum absolute atomic E-state index is 0.950. The highest BCUT2D eigenvalue weighted by atomic mass is 14.2. The molecule has 0 saturated heterocycles. The van der Waals surface area contributed by atoms with Gasteiger partial charge in [0.2, 0.25) is 0 Å². The first-order valence-corrected chi connectivity index (χ1v) is 8.61. The molecule has 0 heteroatoms. The Hall–Kier alpha value is -1.04. The van der Waals surface area contributed by atoms with Crippen LogP contribution < -0.4 is 0 Å². The summed E-state index contributed by atoms with van der Waals surface area (Å²) in [5.41, 5.74) is 4.48. The Kier molecular flexibility index (Phi) is 6.36. The van der Waals surface area contributed by atoms with E-state index in [1.807, 2.05) is 0 Å². The molecule has 0 bridgehead atoms. The van der Waals surface area contributed by atoms with E-state index in [0.29, 0.717) is 0 Å². The van der Waals surface area contributed by atoms with Crippen molar-refractivity contribution in [2.75, 3.05) is 0 Å². The second-order valence-electron chi connectivity index (χ2n) is 6.27. The van der Waals surface area contributed by atoms with Crippen molar-refractivity contribution >= 4 is 5.57 Å². The Balaban J connectivity index is 1.82. The fourth-order valence-electron chi connectivity index (χ4n) is 3.23. The van der Waals surface area contributed by atoms with Crippen molar-refractivity contribution in [2.45, 2.75) is 71.6 Å². The van der Waals surface area contributed by atoms with Crippen LogP contribution in [0.25, 0.3) is 5.57 Å². The Morgan fingerprint density at radius 1 is 1.00 bits per heavy atom. The van der Waals surface area contributed by atoms with Gasteiger partial charge in [0.1, 0.15) is 0 Å². The Morgan fingerprint density at radius 2 is 1.80 bits per heavy atom. The number of hydrogen-bond acceptors (Lipinski definition) is 0. The smallest absolute Gasteiger partial charge is 0.0228 e. The molecule has 0 spiro atoms. The fourth-order valence-corrected chi connectivity index (χ4v) is 3.23. The summed E-state index contributed by atoms with van der Waals surface area (Å²) >= 11 is 0. The van der Waals surface area contributed by atoms with Crippen LogP contribution in [-0.4, -0.2) is 0 Å². The van der Waals surface area contributed by atoms with Gasteiger partial charge in [-0.05, 0) is 48.3 Å². The second-order valence-corrected chi connectivity index (χ2v) is 6.27. The van der Waals surface area contributed by atoms with E-state index in [0.717, 1.165) is 12.3 Å². The van der Waals surface area contributed by atoms with Crippen molar-refractivity contribution < 1.29 is 0 Å². The number of allylic oxidation sites excluding steroid dienone is 2. The van der Waals surface area contributed by atoms with E-state index in [2.05, 4.69) is 44.2 Å². The summed E-state index contributed by atoms with van der Waals surface area (Å²) in [7, 11) is 0. The number of unbranched alkanes of at least 4 members (excludes halogenated alkanes) is 3. The number of rotatable bonds is 7. The van der Waals surface area contributed by atoms with Crippen LogP contribution in [-0.2, 0) is 6.42 Å². The van der Waals surface area contributed by atoms with Gasteiger partial charge in [0.25, 0.3) is 0 Å². The molecule has 0 amide bonds. The van der Waals surface area contributed by atoms with Gasteiger partial charge in [-0.15, -0.1) is 0 Å². The van der Waals surface area contributed by atoms with E-state index >= 15 is 0 Å². The zero-order chi connectivity index (χ0) is 14.2. The minimum atomic E-state index is 0.950. The van der Waals surface area contributed by atoms with Gasteiger partial charge in [-0.2, -0.15) is 0 Å². The summed E-state index contributed by atoms with van der Waals surface area (Å²) in [5.74, 6) is 0.950. The predicted molar refractivity (Wildman–Crippen MR) is 89.9 cm³/mol. The molecule has 0 heterocycles. The predicted octanol–water partition coefficient (Wildman–Crippen LogP) is 6.40. The molecule has 0 aliphatic heterocycles. The van der Waals surface area contributed by atoms with Crippen molar-refractivity contribution in [3.8, 4) is 0 Å². The lowest BCUT2D eigenvalue weighted by Crippen LogP contribution is -2.05. The molecule has 1 aliphatic carbocycles. The molecule has 1 atom stereocenters. The van der Waals surface area contributed by atoms with Gasteiger partial charge in [0, 0.05) is 0 Å². The number of aryl methyl sites for hydroxylation is 1. The molecule has 110 valence electrons. The van der Waals surface area contributed by atoms with Gasteiger partial charge in [0.05, 0.1) is 0 Å². The van der Waals surface area contributed by atoms with Crippen molar-refractivity contribution in [1.82, 2.24) is 0 Å². The van der Waals surface area contributed by atoms with E-state index in [9.17, 15) is 0 Å². The third-order valence-electron chi connectivity index (χ3n) is 4.72. The third-order valence-corrected chi connectivity index (χ3v) is 4.72. The third kappa shape index (κ3) is 4.51. The number of benzene rings is 1. The topological polar surface area (TPSA) is 0 Å². The molecule has 0 N–H and O–H groups in total. The second kappa shape index (κ2) is 8.29. The molecule has 0 nitrogen and oxygen atoms in total. The van der Waals surface area contributed by atoms with Crippen LogP contribution in [0.3, 0.4) is 0 Å². The first kappa shape index (κ1) is 15.4. The standard InChI is InChI=1S/C20H30/c1-3-5-6-7-8-18-11-15-20(16-12-18)19-13-9-17(4-2)10-14-19/h9-10,13-15,18H,3-8,11-12,16H2,1-2H3. The minimum Gasteiger partial charge on any atom is -0.0804 e. The molecule has 0 aromatic heterocycles. The highest BCUT2D eigenvalue weighted by Crippen LogP contribution is 2.32. The maximum absolute atomic E-state index is 2.51. The molecule has 0 radical (unpaired) electrons. The van der Waals surface area contributed by atoms with E-state index < -0.39 is 0 Å². The Labute approximate surface area is 125 Å². The molecule has 1 aromatic carbocycles. The Morgan fingerprint density at radius 3 is 2.40 bits per heavy atom. The summed E-state index contributed by atoms with van der Waals surface area (Å²) in [4.78, 5) is 0. The first-order chi connectivity index (χ1) is 9.83. The molecular formula is C20H30. The lowest BCUT2D eigenvalue weighted by atomic mass is 9.83. The molecular weight excluding hydrogens is 240 g/mol. The van der Waals surface area contributed by atoms with Gasteiger partial charge >= 0.3 is 0 Å². The highest BCUT2D eigenvalue weighted by Gasteiger charge is 2.14. The molecule has 1 aromatic rings. The van der Waals surface area contributed by atoms with Gasteiger partial charge in [-0.25, -0.2) is 0 Å². The van der Waals surface area contributed by atoms with Crippen LogP contribution in [0.4, 0.5) is 0 Å². The fraction of sp³-hybridized carbons (Fsp3) is 0.600. The molecule has 1 unspecified atom stereocenters. The molecule has 0 saturated carbocycles. The molecule has 20 heavy (non-hydrogen) atoms. The van der Waals surface area contributed by atoms with Crippen molar-refractivity contribution in [1.29, 1.82) is 0 Å². The molecule has 1 aliphatic rings. The van der Waals surface area contributed by atoms with Gasteiger partial charge in [-0.1, -0.05) is 76.3 Å². The van der Waals surface area contributed by atoms with Gasteiger partial charge in [-0.3, -0.25) is 0 Å². The van der Waals surface area contributed by atoms with E-state index in [1.54, 1.807) is 5.57 Å². The summed E-state index contributed by atoms with van der Waals surface area (Å²) in [5, 5.41) is 0. The van der Waals surface area contributed by atoms with Crippen molar-refractivity contribution in [2.24, 2.45) is 5.92 Å². The largest absolute Gasteiger partial charge is 0.0804 e. The van der Waals surface area contributed by atoms with Gasteiger partial charge in [0.15, 0.2) is 0 Å².